The highest BCUT2D eigenvalue weighted by atomic mass is 16.5. The molecule has 0 heterocycles. The first-order valence-electron chi connectivity index (χ1n) is 6.06. The zero-order valence-electron chi connectivity index (χ0n) is 10.7. The molecule has 2 amide bonds. The van der Waals surface area contributed by atoms with E-state index in [1.807, 2.05) is 12.1 Å². The molecule has 6 nitrogen and oxygen atoms in total. The molecule has 0 aromatic heterocycles. The summed E-state index contributed by atoms with van der Waals surface area (Å²) in [6.45, 7) is 1.03. The molecule has 0 unspecified atom stereocenters. The van der Waals surface area contributed by atoms with E-state index in [9.17, 15) is 9.59 Å². The molecule has 0 spiro atoms. The molecule has 0 fully saturated rings. The van der Waals surface area contributed by atoms with Crippen LogP contribution in [-0.4, -0.2) is 38.1 Å². The molecule has 0 aliphatic carbocycles. The molecule has 1 aromatic carbocycles. The minimum atomic E-state index is -0.526. The van der Waals surface area contributed by atoms with Crippen molar-refractivity contribution >= 4 is 11.8 Å². The number of nitrogens with one attached hydrogen (secondary N) is 1. The number of hydrogen-bond acceptors (Lipinski definition) is 4. The predicted octanol–water partition coefficient (Wildman–Crippen LogP) is -0.580. The van der Waals surface area contributed by atoms with Crippen molar-refractivity contribution in [2.75, 3.05) is 26.3 Å². The summed E-state index contributed by atoms with van der Waals surface area (Å²) in [7, 11) is 0. The van der Waals surface area contributed by atoms with Crippen molar-refractivity contribution in [3.63, 3.8) is 0 Å². The molecule has 0 bridgehead atoms. The van der Waals surface area contributed by atoms with Crippen LogP contribution in [0, 0.1) is 0 Å². The second kappa shape index (κ2) is 8.23. The van der Waals surface area contributed by atoms with E-state index in [0.29, 0.717) is 18.7 Å². The van der Waals surface area contributed by atoms with Gasteiger partial charge in [0.05, 0.1) is 6.61 Å². The largest absolute Gasteiger partial charge is 0.370 e. The summed E-state index contributed by atoms with van der Waals surface area (Å²) in [5.41, 5.74) is 12.0. The lowest BCUT2D eigenvalue weighted by molar-refractivity contribution is -0.122. The van der Waals surface area contributed by atoms with E-state index in [-0.39, 0.29) is 19.1 Å². The topological polar surface area (TPSA) is 107 Å². The fourth-order valence-electron chi connectivity index (χ4n) is 1.50. The fraction of sp³-hybridized carbons (Fsp3) is 0.385. The van der Waals surface area contributed by atoms with E-state index in [0.717, 1.165) is 12.0 Å². The average Bonchev–Trinajstić information content (AvgIpc) is 2.39. The maximum absolute atomic E-state index is 11.7. The molecule has 1 aromatic rings. The lowest BCUT2D eigenvalue weighted by Gasteiger charge is -2.06. The van der Waals surface area contributed by atoms with Crippen LogP contribution in [0.2, 0.25) is 0 Å². The van der Waals surface area contributed by atoms with Crippen molar-refractivity contribution < 1.29 is 14.3 Å². The highest BCUT2D eigenvalue weighted by Crippen LogP contribution is 2.04. The second-order valence-corrected chi connectivity index (χ2v) is 4.01. The van der Waals surface area contributed by atoms with Crippen LogP contribution in [0.4, 0.5) is 0 Å². The summed E-state index contributed by atoms with van der Waals surface area (Å²) in [6, 6.07) is 7.27. The number of carbonyl (C=O) groups excluding carboxylic acids is 2. The molecule has 1 rings (SSSR count). The highest BCUT2D eigenvalue weighted by Gasteiger charge is 2.04. The molecule has 0 atom stereocenters. The lowest BCUT2D eigenvalue weighted by atomic mass is 10.1. The van der Waals surface area contributed by atoms with Crippen molar-refractivity contribution in [3.05, 3.63) is 35.4 Å². The van der Waals surface area contributed by atoms with Gasteiger partial charge in [0.25, 0.3) is 5.91 Å². The first kappa shape index (κ1) is 15.1. The number of nitrogens with two attached hydrogens (primary N) is 2. The number of hydrogen-bond donors (Lipinski definition) is 3. The normalized spacial score (nSPS) is 10.2. The Balaban J connectivity index is 2.30. The maximum Gasteiger partial charge on any atom is 0.251 e. The Morgan fingerprint density at radius 1 is 1.21 bits per heavy atom. The maximum atomic E-state index is 11.7. The number of rotatable bonds is 8. The second-order valence-electron chi connectivity index (χ2n) is 4.01. The van der Waals surface area contributed by atoms with Crippen molar-refractivity contribution in [2.45, 2.75) is 6.42 Å². The van der Waals surface area contributed by atoms with Crippen LogP contribution in [0.1, 0.15) is 15.9 Å². The molecule has 0 saturated carbocycles. The van der Waals surface area contributed by atoms with Gasteiger partial charge < -0.3 is 21.5 Å². The molecule has 0 aliphatic heterocycles. The van der Waals surface area contributed by atoms with Crippen LogP contribution in [0.15, 0.2) is 24.3 Å². The minimum absolute atomic E-state index is 0.135. The lowest BCUT2D eigenvalue weighted by Crippen LogP contribution is -2.28. The van der Waals surface area contributed by atoms with Gasteiger partial charge in [-0.2, -0.15) is 0 Å². The molecular formula is C13H19N3O3. The van der Waals surface area contributed by atoms with Crippen molar-refractivity contribution in [2.24, 2.45) is 11.5 Å². The van der Waals surface area contributed by atoms with E-state index in [1.165, 1.54) is 0 Å². The number of ether oxygens (including phenoxy) is 1. The number of carbonyl (C=O) groups is 2. The summed E-state index contributed by atoms with van der Waals surface area (Å²) in [5, 5.41) is 2.68. The number of benzene rings is 1. The third kappa shape index (κ3) is 5.98. The average molecular weight is 265 g/mol. The van der Waals surface area contributed by atoms with Gasteiger partial charge in [-0.3, -0.25) is 9.59 Å². The van der Waals surface area contributed by atoms with Crippen LogP contribution < -0.4 is 16.8 Å². The fourth-order valence-corrected chi connectivity index (χ4v) is 1.50. The first-order valence-corrected chi connectivity index (χ1v) is 6.06. The van der Waals surface area contributed by atoms with Crippen LogP contribution >= 0.6 is 0 Å². The van der Waals surface area contributed by atoms with Gasteiger partial charge in [-0.25, -0.2) is 0 Å². The molecular weight excluding hydrogens is 246 g/mol. The predicted molar refractivity (Wildman–Crippen MR) is 71.5 cm³/mol. The summed E-state index contributed by atoms with van der Waals surface area (Å²) in [6.07, 6.45) is 0.795. The van der Waals surface area contributed by atoms with Crippen molar-refractivity contribution in [3.8, 4) is 0 Å². The van der Waals surface area contributed by atoms with Gasteiger partial charge in [0.15, 0.2) is 0 Å². The molecule has 0 saturated heterocycles. The van der Waals surface area contributed by atoms with Crippen LogP contribution in [-0.2, 0) is 16.0 Å². The van der Waals surface area contributed by atoms with E-state index < -0.39 is 5.91 Å². The molecule has 104 valence electrons. The Hall–Kier alpha value is -1.92. The Morgan fingerprint density at radius 2 is 1.89 bits per heavy atom. The standard InChI is InChI=1S/C13H19N3O3/c14-6-5-10-1-3-11(4-2-10)13(18)16-7-8-19-9-12(15)17/h1-4H,5-9,14H2,(H2,15,17)(H,16,18). The van der Waals surface area contributed by atoms with Gasteiger partial charge in [0.2, 0.25) is 5.91 Å². The number of amides is 2. The van der Waals surface area contributed by atoms with Gasteiger partial charge in [-0.05, 0) is 30.7 Å². The van der Waals surface area contributed by atoms with Crippen LogP contribution in [0.3, 0.4) is 0 Å². The van der Waals surface area contributed by atoms with Crippen molar-refractivity contribution in [1.82, 2.24) is 5.32 Å². The zero-order valence-corrected chi connectivity index (χ0v) is 10.7. The molecule has 0 aliphatic rings. The number of primary amides is 1. The molecule has 0 radical (unpaired) electrons. The van der Waals surface area contributed by atoms with Gasteiger partial charge >= 0.3 is 0 Å². The van der Waals surface area contributed by atoms with E-state index >= 15 is 0 Å². The molecule has 6 heteroatoms. The highest BCUT2D eigenvalue weighted by molar-refractivity contribution is 5.94. The smallest absolute Gasteiger partial charge is 0.251 e. The monoisotopic (exact) mass is 265 g/mol. The summed E-state index contributed by atoms with van der Waals surface area (Å²) in [5.74, 6) is -0.705. The van der Waals surface area contributed by atoms with E-state index in [2.05, 4.69) is 5.32 Å². The van der Waals surface area contributed by atoms with Crippen LogP contribution in [0.5, 0.6) is 0 Å². The zero-order chi connectivity index (χ0) is 14.1. The van der Waals surface area contributed by atoms with Gasteiger partial charge in [-0.15, -0.1) is 0 Å². The summed E-state index contributed by atoms with van der Waals surface area (Å²) >= 11 is 0. The molecule has 19 heavy (non-hydrogen) atoms. The van der Waals surface area contributed by atoms with Crippen LogP contribution in [0.25, 0.3) is 0 Å². The minimum Gasteiger partial charge on any atom is -0.370 e. The van der Waals surface area contributed by atoms with Gasteiger partial charge in [0.1, 0.15) is 6.61 Å². The quantitative estimate of drug-likeness (QED) is 0.546. The Kier molecular flexibility index (Phi) is 6.56. The Labute approximate surface area is 112 Å². The summed E-state index contributed by atoms with van der Waals surface area (Å²) in [4.78, 5) is 22.1. The van der Waals surface area contributed by atoms with E-state index in [4.69, 9.17) is 16.2 Å². The SMILES string of the molecule is NCCc1ccc(C(=O)NCCOCC(N)=O)cc1. The van der Waals surface area contributed by atoms with Gasteiger partial charge in [-0.1, -0.05) is 12.1 Å². The molecule has 5 N–H and O–H groups in total. The third-order valence-electron chi connectivity index (χ3n) is 2.43. The van der Waals surface area contributed by atoms with Gasteiger partial charge in [0, 0.05) is 12.1 Å². The first-order chi connectivity index (χ1) is 9.13. The summed E-state index contributed by atoms with van der Waals surface area (Å²) < 4.78 is 4.93. The van der Waals surface area contributed by atoms with Crippen molar-refractivity contribution in [1.29, 1.82) is 0 Å². The Morgan fingerprint density at radius 3 is 2.47 bits per heavy atom. The Bertz CT molecular complexity index is 418. The third-order valence-corrected chi connectivity index (χ3v) is 2.43. The van der Waals surface area contributed by atoms with E-state index in [1.54, 1.807) is 12.1 Å².